The number of benzene rings is 2. The Morgan fingerprint density at radius 1 is 1.22 bits per heavy atom. The fourth-order valence-corrected chi connectivity index (χ4v) is 3.87. The topological polar surface area (TPSA) is 42.0 Å². The van der Waals surface area contributed by atoms with Crippen LogP contribution in [-0.4, -0.2) is 10.9 Å². The Balaban J connectivity index is 1.77. The molecule has 0 unspecified atom stereocenters. The molecule has 3 nitrogen and oxygen atoms in total. The molecule has 0 saturated carbocycles. The van der Waals surface area contributed by atoms with E-state index in [2.05, 4.69) is 26.2 Å². The van der Waals surface area contributed by atoms with Crippen LogP contribution in [0.3, 0.4) is 0 Å². The monoisotopic (exact) mass is 426 g/mol. The highest BCUT2D eigenvalue weighted by atomic mass is 79.9. The Bertz CT molecular complexity index is 903. The third kappa shape index (κ3) is 3.93. The fourth-order valence-electron chi connectivity index (χ4n) is 1.93. The van der Waals surface area contributed by atoms with Crippen LogP contribution in [0.4, 0.5) is 5.13 Å². The molecule has 7 heteroatoms. The zero-order valence-corrected chi connectivity index (χ0v) is 15.4. The SMILES string of the molecule is O=C(/C=C/c1c(Cl)cccc1Cl)Nc1nc2ccc(Br)cc2s1. The van der Waals surface area contributed by atoms with Crippen molar-refractivity contribution in [3.05, 3.63) is 62.6 Å². The maximum atomic E-state index is 12.0. The van der Waals surface area contributed by atoms with Crippen LogP contribution < -0.4 is 5.32 Å². The number of rotatable bonds is 3. The van der Waals surface area contributed by atoms with Gasteiger partial charge in [-0.2, -0.15) is 0 Å². The maximum absolute atomic E-state index is 12.0. The van der Waals surface area contributed by atoms with Crippen LogP contribution in [0.2, 0.25) is 10.0 Å². The van der Waals surface area contributed by atoms with E-state index in [1.165, 1.54) is 17.4 Å². The van der Waals surface area contributed by atoms with Gasteiger partial charge in [-0.1, -0.05) is 56.5 Å². The van der Waals surface area contributed by atoms with Crippen LogP contribution in [0.15, 0.2) is 46.9 Å². The summed E-state index contributed by atoms with van der Waals surface area (Å²) in [6, 6.07) is 11.0. The molecule has 1 aromatic heterocycles. The van der Waals surface area contributed by atoms with E-state index in [0.717, 1.165) is 14.7 Å². The average Bonchev–Trinajstić information content (AvgIpc) is 2.88. The van der Waals surface area contributed by atoms with E-state index in [9.17, 15) is 4.79 Å². The summed E-state index contributed by atoms with van der Waals surface area (Å²) >= 11 is 16.9. The van der Waals surface area contributed by atoms with Crippen molar-refractivity contribution in [3.8, 4) is 0 Å². The predicted octanol–water partition coefficient (Wildman–Crippen LogP) is 6.02. The molecule has 3 rings (SSSR count). The van der Waals surface area contributed by atoms with Gasteiger partial charge in [0.05, 0.1) is 10.2 Å². The smallest absolute Gasteiger partial charge is 0.250 e. The summed E-state index contributed by atoms with van der Waals surface area (Å²) in [6.45, 7) is 0. The Hall–Kier alpha value is -1.40. The lowest BCUT2D eigenvalue weighted by molar-refractivity contribution is -0.111. The highest BCUT2D eigenvalue weighted by Crippen LogP contribution is 2.29. The lowest BCUT2D eigenvalue weighted by Gasteiger charge is -2.00. The molecular weight excluding hydrogens is 419 g/mol. The number of hydrogen-bond acceptors (Lipinski definition) is 3. The Kier molecular flexibility index (Phi) is 5.02. The second kappa shape index (κ2) is 7.01. The molecule has 0 spiro atoms. The minimum atomic E-state index is -0.292. The van der Waals surface area contributed by atoms with Gasteiger partial charge in [0.25, 0.3) is 0 Å². The lowest BCUT2D eigenvalue weighted by Crippen LogP contribution is -2.07. The summed E-state index contributed by atoms with van der Waals surface area (Å²) in [5.41, 5.74) is 1.45. The van der Waals surface area contributed by atoms with E-state index in [-0.39, 0.29) is 5.91 Å². The van der Waals surface area contributed by atoms with E-state index in [0.29, 0.717) is 20.7 Å². The van der Waals surface area contributed by atoms with Gasteiger partial charge in [0.15, 0.2) is 5.13 Å². The van der Waals surface area contributed by atoms with Crippen molar-refractivity contribution < 1.29 is 4.79 Å². The molecule has 116 valence electrons. The van der Waals surface area contributed by atoms with E-state index >= 15 is 0 Å². The number of nitrogens with one attached hydrogen (secondary N) is 1. The number of anilines is 1. The summed E-state index contributed by atoms with van der Waals surface area (Å²) < 4.78 is 1.97. The van der Waals surface area contributed by atoms with E-state index < -0.39 is 0 Å². The van der Waals surface area contributed by atoms with Crippen molar-refractivity contribution >= 4 is 77.8 Å². The number of thiazole rings is 1. The first kappa shape index (κ1) is 16.5. The van der Waals surface area contributed by atoms with Crippen LogP contribution in [0.5, 0.6) is 0 Å². The third-order valence-electron chi connectivity index (χ3n) is 2.98. The van der Waals surface area contributed by atoms with Crippen molar-refractivity contribution in [2.24, 2.45) is 0 Å². The van der Waals surface area contributed by atoms with Gasteiger partial charge in [-0.3, -0.25) is 10.1 Å². The molecule has 0 radical (unpaired) electrons. The van der Waals surface area contributed by atoms with Gasteiger partial charge in [-0.15, -0.1) is 0 Å². The lowest BCUT2D eigenvalue weighted by atomic mass is 10.2. The molecule has 1 N–H and O–H groups in total. The zero-order chi connectivity index (χ0) is 16.4. The predicted molar refractivity (Wildman–Crippen MR) is 101 cm³/mol. The summed E-state index contributed by atoms with van der Waals surface area (Å²) in [5.74, 6) is -0.292. The van der Waals surface area contributed by atoms with Gasteiger partial charge in [-0.05, 0) is 36.4 Å². The molecule has 2 aromatic carbocycles. The normalized spacial score (nSPS) is 11.3. The number of carbonyl (C=O) groups is 1. The number of aromatic nitrogens is 1. The van der Waals surface area contributed by atoms with Crippen molar-refractivity contribution in [2.45, 2.75) is 0 Å². The fraction of sp³-hybridized carbons (Fsp3) is 0. The van der Waals surface area contributed by atoms with Gasteiger partial charge >= 0.3 is 0 Å². The standard InChI is InChI=1S/C16H9BrCl2N2OS/c17-9-4-6-13-14(8-9)23-16(20-13)21-15(22)7-5-10-11(18)2-1-3-12(10)19/h1-8H,(H,20,21,22)/b7-5+. The molecule has 0 bridgehead atoms. The highest BCUT2D eigenvalue weighted by Gasteiger charge is 2.07. The Labute approximate surface area is 155 Å². The highest BCUT2D eigenvalue weighted by molar-refractivity contribution is 9.10. The Morgan fingerprint density at radius 3 is 2.70 bits per heavy atom. The number of nitrogens with zero attached hydrogens (tertiary/aromatic N) is 1. The molecule has 3 aromatic rings. The summed E-state index contributed by atoms with van der Waals surface area (Å²) in [6.07, 6.45) is 2.97. The minimum absolute atomic E-state index is 0.292. The maximum Gasteiger partial charge on any atom is 0.250 e. The molecule has 0 aliphatic rings. The molecule has 23 heavy (non-hydrogen) atoms. The van der Waals surface area contributed by atoms with Crippen molar-refractivity contribution in [3.63, 3.8) is 0 Å². The first-order valence-electron chi connectivity index (χ1n) is 6.52. The minimum Gasteiger partial charge on any atom is -0.298 e. The molecule has 1 amide bonds. The van der Waals surface area contributed by atoms with Crippen molar-refractivity contribution in [1.29, 1.82) is 0 Å². The van der Waals surface area contributed by atoms with Gasteiger partial charge in [0.1, 0.15) is 0 Å². The quantitative estimate of drug-likeness (QED) is 0.519. The number of hydrogen-bond donors (Lipinski definition) is 1. The van der Waals surface area contributed by atoms with Gasteiger partial charge < -0.3 is 0 Å². The molecular formula is C16H9BrCl2N2OS. The van der Waals surface area contributed by atoms with Gasteiger partial charge in [0, 0.05) is 26.2 Å². The number of carbonyl (C=O) groups excluding carboxylic acids is 1. The van der Waals surface area contributed by atoms with Crippen LogP contribution in [0.25, 0.3) is 16.3 Å². The van der Waals surface area contributed by atoms with Crippen LogP contribution in [0.1, 0.15) is 5.56 Å². The summed E-state index contributed by atoms with van der Waals surface area (Å²) in [4.78, 5) is 16.4. The van der Waals surface area contributed by atoms with E-state index in [1.54, 1.807) is 24.3 Å². The van der Waals surface area contributed by atoms with E-state index in [1.807, 2.05) is 18.2 Å². The molecule has 1 heterocycles. The van der Waals surface area contributed by atoms with Crippen molar-refractivity contribution in [2.75, 3.05) is 5.32 Å². The molecule has 0 saturated heterocycles. The van der Waals surface area contributed by atoms with Gasteiger partial charge in [-0.25, -0.2) is 4.98 Å². The number of amides is 1. The number of halogens is 3. The largest absolute Gasteiger partial charge is 0.298 e. The molecule has 0 aliphatic heterocycles. The van der Waals surface area contributed by atoms with Crippen LogP contribution in [0, 0.1) is 0 Å². The molecule has 0 aliphatic carbocycles. The summed E-state index contributed by atoms with van der Waals surface area (Å²) in [7, 11) is 0. The molecule has 0 fully saturated rings. The second-order valence-corrected chi connectivity index (χ2v) is 7.35. The Morgan fingerprint density at radius 2 is 1.96 bits per heavy atom. The van der Waals surface area contributed by atoms with Crippen LogP contribution in [-0.2, 0) is 4.79 Å². The first-order valence-corrected chi connectivity index (χ1v) is 8.88. The third-order valence-corrected chi connectivity index (χ3v) is 5.07. The second-order valence-electron chi connectivity index (χ2n) is 4.59. The zero-order valence-electron chi connectivity index (χ0n) is 11.5. The van der Waals surface area contributed by atoms with Crippen molar-refractivity contribution in [1.82, 2.24) is 4.98 Å². The first-order chi connectivity index (χ1) is 11.0. The van der Waals surface area contributed by atoms with Gasteiger partial charge in [0.2, 0.25) is 5.91 Å². The van der Waals surface area contributed by atoms with Crippen LogP contribution >= 0.6 is 50.5 Å². The number of fused-ring (bicyclic) bond motifs is 1. The summed E-state index contributed by atoms with van der Waals surface area (Å²) in [5, 5.41) is 4.26. The molecule has 0 atom stereocenters. The van der Waals surface area contributed by atoms with E-state index in [4.69, 9.17) is 23.2 Å². The average molecular weight is 428 g/mol.